The van der Waals surface area contributed by atoms with Crippen molar-refractivity contribution in [2.75, 3.05) is 18.4 Å². The molecule has 42 heavy (non-hydrogen) atoms. The molecule has 220 valence electrons. The Morgan fingerprint density at radius 3 is 2.64 bits per heavy atom. The molecule has 5 N–H and O–H groups in total. The number of imidazole rings is 1. The van der Waals surface area contributed by atoms with Crippen molar-refractivity contribution in [3.05, 3.63) is 59.8 Å². The molecule has 0 saturated carbocycles. The molecular weight excluding hydrogens is 553 g/mol. The second-order valence-corrected chi connectivity index (χ2v) is 9.40. The Hall–Kier alpha value is -4.97. The highest BCUT2D eigenvalue weighted by atomic mass is 19.4. The maximum Gasteiger partial charge on any atom is 0.435 e. The Kier molecular flexibility index (Phi) is 9.06. The van der Waals surface area contributed by atoms with Crippen LogP contribution in [0.4, 0.5) is 24.7 Å². The second kappa shape index (κ2) is 12.7. The predicted octanol–water partition coefficient (Wildman–Crippen LogP) is 3.02. The molecule has 4 rings (SSSR count). The summed E-state index contributed by atoms with van der Waals surface area (Å²) in [5.74, 6) is -0.227. The molecule has 15 heteroatoms. The first-order valence-electron chi connectivity index (χ1n) is 13.1. The summed E-state index contributed by atoms with van der Waals surface area (Å²) in [6.07, 6.45) is 1.72. The minimum absolute atomic E-state index is 0.130. The molecule has 3 heterocycles. The first-order valence-corrected chi connectivity index (χ1v) is 13.1. The van der Waals surface area contributed by atoms with Gasteiger partial charge in [0.25, 0.3) is 5.91 Å². The number of aryl methyl sites for hydroxylation is 1. The van der Waals surface area contributed by atoms with Crippen LogP contribution in [-0.4, -0.2) is 55.1 Å². The molecule has 0 radical (unpaired) electrons. The third kappa shape index (κ3) is 6.66. The number of rotatable bonds is 11. The summed E-state index contributed by atoms with van der Waals surface area (Å²) in [7, 11) is 0. The number of carbonyl (C=O) groups excluding carboxylic acids is 2. The van der Waals surface area contributed by atoms with Crippen LogP contribution in [0, 0.1) is 11.3 Å². The number of hydrogen-bond acceptors (Lipinski definition) is 8. The molecule has 0 saturated heterocycles. The van der Waals surface area contributed by atoms with E-state index in [1.54, 1.807) is 31.2 Å². The van der Waals surface area contributed by atoms with Crippen LogP contribution in [0.15, 0.2) is 43.0 Å². The standard InChI is InChI=1S/C27H29F3N10O2/c1-3-17-13-18(5-6-19(17)26(42)35-9-4-8-34-25(41)16(2)32)37-23-24-36-14-21(40(24)12-10-33-23)20-15-39(11-7-31)38-22(20)27(28,29)30/h5-6,10,12-16H,3-4,8-9,11,32H2,1-2H3,(H,33,37)(H,34,41)(H,35,42)/t16-/m1/s1. The van der Waals surface area contributed by atoms with Crippen LogP contribution in [0.1, 0.15) is 41.9 Å². The SMILES string of the molecule is CCc1cc(Nc2nccn3c(-c4cn(CC#N)nc4C(F)(F)F)cnc23)ccc1C(=O)NCCCNC(=O)[C@@H](C)N. The van der Waals surface area contributed by atoms with Gasteiger partial charge in [0.1, 0.15) is 6.54 Å². The molecular formula is C27H29F3N10O2. The number of nitrogens with two attached hydrogens (primary N) is 1. The van der Waals surface area contributed by atoms with Gasteiger partial charge in [-0.05, 0) is 43.5 Å². The Morgan fingerprint density at radius 2 is 1.95 bits per heavy atom. The van der Waals surface area contributed by atoms with Crippen molar-refractivity contribution in [3.8, 4) is 17.3 Å². The average Bonchev–Trinajstić information content (AvgIpc) is 3.57. The monoisotopic (exact) mass is 582 g/mol. The number of benzene rings is 1. The highest BCUT2D eigenvalue weighted by Gasteiger charge is 2.38. The third-order valence-corrected chi connectivity index (χ3v) is 6.31. The maximum absolute atomic E-state index is 13.7. The number of aromatic nitrogens is 5. The van der Waals surface area contributed by atoms with E-state index in [9.17, 15) is 22.8 Å². The van der Waals surface area contributed by atoms with E-state index >= 15 is 0 Å². The normalized spacial score (nSPS) is 12.1. The lowest BCUT2D eigenvalue weighted by Gasteiger charge is -2.13. The molecule has 0 unspecified atom stereocenters. The summed E-state index contributed by atoms with van der Waals surface area (Å²) in [6, 6.07) is 6.34. The number of nitriles is 1. The van der Waals surface area contributed by atoms with Crippen LogP contribution in [-0.2, 0) is 23.9 Å². The maximum atomic E-state index is 13.7. The zero-order valence-electron chi connectivity index (χ0n) is 22.9. The first kappa shape index (κ1) is 30.0. The van der Waals surface area contributed by atoms with E-state index in [2.05, 4.69) is 31.0 Å². The molecule has 12 nitrogen and oxygen atoms in total. The van der Waals surface area contributed by atoms with E-state index in [0.29, 0.717) is 37.2 Å². The summed E-state index contributed by atoms with van der Waals surface area (Å²) in [5, 5.41) is 21.1. The molecule has 0 aliphatic rings. The fourth-order valence-corrected chi connectivity index (χ4v) is 4.26. The van der Waals surface area contributed by atoms with Gasteiger partial charge < -0.3 is 21.7 Å². The van der Waals surface area contributed by atoms with Crippen molar-refractivity contribution in [3.63, 3.8) is 0 Å². The van der Waals surface area contributed by atoms with Crippen molar-refractivity contribution < 1.29 is 22.8 Å². The van der Waals surface area contributed by atoms with Gasteiger partial charge in [-0.3, -0.25) is 18.7 Å². The number of nitrogens with one attached hydrogen (secondary N) is 3. The van der Waals surface area contributed by atoms with Crippen LogP contribution < -0.4 is 21.7 Å². The van der Waals surface area contributed by atoms with E-state index < -0.39 is 17.9 Å². The Labute approximate surface area is 238 Å². The molecule has 2 amide bonds. The molecule has 0 fully saturated rings. The number of fused-ring (bicyclic) bond motifs is 1. The van der Waals surface area contributed by atoms with Gasteiger partial charge in [-0.25, -0.2) is 9.97 Å². The zero-order valence-corrected chi connectivity index (χ0v) is 22.9. The topological polar surface area (TPSA) is 168 Å². The molecule has 0 bridgehead atoms. The number of anilines is 2. The zero-order chi connectivity index (χ0) is 30.4. The molecule has 3 aromatic heterocycles. The highest BCUT2D eigenvalue weighted by Crippen LogP contribution is 2.37. The minimum atomic E-state index is -4.74. The molecule has 0 aliphatic carbocycles. The third-order valence-electron chi connectivity index (χ3n) is 6.31. The minimum Gasteiger partial charge on any atom is -0.355 e. The molecule has 1 aromatic carbocycles. The lowest BCUT2D eigenvalue weighted by molar-refractivity contribution is -0.141. The van der Waals surface area contributed by atoms with Crippen molar-refractivity contribution in [1.82, 2.24) is 34.8 Å². The smallest absolute Gasteiger partial charge is 0.355 e. The van der Waals surface area contributed by atoms with Crippen molar-refractivity contribution in [2.45, 2.75) is 45.5 Å². The largest absolute Gasteiger partial charge is 0.435 e. The summed E-state index contributed by atoms with van der Waals surface area (Å²) in [5.41, 5.74) is 6.42. The lowest BCUT2D eigenvalue weighted by Crippen LogP contribution is -2.39. The van der Waals surface area contributed by atoms with Gasteiger partial charge in [-0.2, -0.15) is 23.5 Å². The van der Waals surface area contributed by atoms with Gasteiger partial charge in [0, 0.05) is 42.9 Å². The van der Waals surface area contributed by atoms with Crippen molar-refractivity contribution in [2.24, 2.45) is 5.73 Å². The number of nitrogens with zero attached hydrogens (tertiary/aromatic N) is 6. The van der Waals surface area contributed by atoms with Gasteiger partial charge in [0.2, 0.25) is 5.91 Å². The van der Waals surface area contributed by atoms with E-state index in [1.807, 2.05) is 6.92 Å². The Balaban J connectivity index is 1.52. The quantitative estimate of drug-likeness (QED) is 0.196. The van der Waals surface area contributed by atoms with Gasteiger partial charge in [-0.1, -0.05) is 6.92 Å². The Morgan fingerprint density at radius 1 is 1.19 bits per heavy atom. The Bertz CT molecular complexity index is 1640. The van der Waals surface area contributed by atoms with Gasteiger partial charge in [0.05, 0.1) is 29.6 Å². The number of amides is 2. The summed E-state index contributed by atoms with van der Waals surface area (Å²) in [4.78, 5) is 32.9. The van der Waals surface area contributed by atoms with E-state index in [4.69, 9.17) is 11.0 Å². The number of alkyl halides is 3. The molecule has 4 aromatic rings. The van der Waals surface area contributed by atoms with E-state index in [-0.39, 0.29) is 41.1 Å². The summed E-state index contributed by atoms with van der Waals surface area (Å²) >= 11 is 0. The number of halogens is 3. The lowest BCUT2D eigenvalue weighted by atomic mass is 10.0. The van der Waals surface area contributed by atoms with Crippen LogP contribution >= 0.6 is 0 Å². The number of hydrogen-bond donors (Lipinski definition) is 4. The van der Waals surface area contributed by atoms with Crippen LogP contribution in [0.2, 0.25) is 0 Å². The molecule has 1 atom stereocenters. The fraction of sp³-hybridized carbons (Fsp3) is 0.333. The van der Waals surface area contributed by atoms with Gasteiger partial charge in [-0.15, -0.1) is 0 Å². The predicted molar refractivity (Wildman–Crippen MR) is 148 cm³/mol. The summed E-state index contributed by atoms with van der Waals surface area (Å²) < 4.78 is 43.5. The van der Waals surface area contributed by atoms with Crippen molar-refractivity contribution in [1.29, 1.82) is 5.26 Å². The second-order valence-electron chi connectivity index (χ2n) is 9.40. The molecule has 0 aliphatic heterocycles. The highest BCUT2D eigenvalue weighted by molar-refractivity contribution is 5.96. The first-order chi connectivity index (χ1) is 20.0. The molecule has 0 spiro atoms. The fourth-order valence-electron chi connectivity index (χ4n) is 4.26. The van der Waals surface area contributed by atoms with E-state index in [0.717, 1.165) is 16.4 Å². The van der Waals surface area contributed by atoms with Crippen LogP contribution in [0.3, 0.4) is 0 Å². The summed E-state index contributed by atoms with van der Waals surface area (Å²) in [6.45, 7) is 3.91. The average molecular weight is 583 g/mol. The number of carbonyl (C=O) groups is 2. The van der Waals surface area contributed by atoms with Crippen molar-refractivity contribution >= 4 is 29.0 Å². The van der Waals surface area contributed by atoms with Gasteiger partial charge >= 0.3 is 6.18 Å². The van der Waals surface area contributed by atoms with Crippen LogP contribution in [0.25, 0.3) is 16.9 Å². The van der Waals surface area contributed by atoms with Crippen LogP contribution in [0.5, 0.6) is 0 Å². The van der Waals surface area contributed by atoms with E-state index in [1.165, 1.54) is 23.0 Å². The van der Waals surface area contributed by atoms with Gasteiger partial charge in [0.15, 0.2) is 17.2 Å².